The molecule has 164 valence electrons. The molecule has 31 heavy (non-hydrogen) atoms. The molecule has 3 aromatic rings. The summed E-state index contributed by atoms with van der Waals surface area (Å²) in [4.78, 5) is 2.23. The summed E-state index contributed by atoms with van der Waals surface area (Å²) in [6, 6.07) is 14.1. The van der Waals surface area contributed by atoms with Gasteiger partial charge in [-0.05, 0) is 59.2 Å². The molecule has 5 rings (SSSR count). The first-order valence-corrected chi connectivity index (χ1v) is 11.0. The van der Waals surface area contributed by atoms with Crippen molar-refractivity contribution in [1.29, 1.82) is 0 Å². The number of fused-ring (bicyclic) bond motifs is 2. The minimum absolute atomic E-state index is 0.209. The minimum atomic E-state index is -0.619. The third kappa shape index (κ3) is 4.34. The van der Waals surface area contributed by atoms with Crippen LogP contribution in [0.5, 0.6) is 5.75 Å². The standard InChI is InChI=1S/C25H29NO5/c27-20(13-26-11-18-8-24(28)25(29)9-19(18)12-26)15-31-21-7-16-3-1-2-4-22(16)23(10-21)17-5-6-30-14-17/h1-7,10,14,18-20,24-25,27-29H,8-9,11-13,15H2/t18-,19+,20?,24+,25-. The molecule has 5 atom stereocenters. The molecule has 0 bridgehead atoms. The molecule has 1 unspecified atom stereocenters. The highest BCUT2D eigenvalue weighted by atomic mass is 16.5. The number of aliphatic hydroxyl groups is 3. The Labute approximate surface area is 181 Å². The lowest BCUT2D eigenvalue weighted by Gasteiger charge is -2.32. The topological polar surface area (TPSA) is 86.3 Å². The smallest absolute Gasteiger partial charge is 0.120 e. The van der Waals surface area contributed by atoms with Crippen LogP contribution in [0, 0.1) is 11.8 Å². The molecule has 2 heterocycles. The van der Waals surface area contributed by atoms with Crippen molar-refractivity contribution < 1.29 is 24.5 Å². The van der Waals surface area contributed by atoms with Gasteiger partial charge < -0.3 is 29.4 Å². The van der Waals surface area contributed by atoms with Gasteiger partial charge in [-0.2, -0.15) is 0 Å². The van der Waals surface area contributed by atoms with E-state index in [2.05, 4.69) is 17.0 Å². The Morgan fingerprint density at radius 2 is 1.77 bits per heavy atom. The van der Waals surface area contributed by atoms with Gasteiger partial charge in [0.15, 0.2) is 0 Å². The number of hydrogen-bond acceptors (Lipinski definition) is 6. The van der Waals surface area contributed by atoms with Crippen LogP contribution in [-0.4, -0.2) is 64.8 Å². The molecule has 2 fully saturated rings. The Balaban J connectivity index is 1.23. The van der Waals surface area contributed by atoms with Crippen LogP contribution in [0.1, 0.15) is 12.8 Å². The fourth-order valence-corrected chi connectivity index (χ4v) is 5.22. The van der Waals surface area contributed by atoms with Gasteiger partial charge in [-0.1, -0.05) is 24.3 Å². The van der Waals surface area contributed by atoms with E-state index in [1.807, 2.05) is 30.3 Å². The zero-order valence-electron chi connectivity index (χ0n) is 17.4. The molecule has 2 aliphatic rings. The molecule has 6 heteroatoms. The van der Waals surface area contributed by atoms with Gasteiger partial charge in [-0.25, -0.2) is 0 Å². The molecular weight excluding hydrogens is 394 g/mol. The maximum Gasteiger partial charge on any atom is 0.120 e. The predicted octanol–water partition coefficient (Wildman–Crippen LogP) is 2.90. The highest BCUT2D eigenvalue weighted by molar-refractivity contribution is 5.97. The Kier molecular flexibility index (Phi) is 5.71. The SMILES string of the molecule is OC(COc1cc(-c2ccoc2)c2ccccc2c1)CN1C[C@H]2C[C@H](O)[C@H](O)C[C@H]2C1. The second-order valence-corrected chi connectivity index (χ2v) is 9.01. The van der Waals surface area contributed by atoms with E-state index in [0.717, 1.165) is 40.7 Å². The van der Waals surface area contributed by atoms with Crippen LogP contribution in [0.4, 0.5) is 0 Å². The van der Waals surface area contributed by atoms with Crippen molar-refractivity contribution >= 4 is 10.8 Å². The summed E-state index contributed by atoms with van der Waals surface area (Å²) in [5.41, 5.74) is 2.03. The number of furan rings is 1. The second-order valence-electron chi connectivity index (χ2n) is 9.01. The lowest BCUT2D eigenvalue weighted by molar-refractivity contribution is -0.0372. The maximum atomic E-state index is 10.6. The third-order valence-corrected chi connectivity index (χ3v) is 6.76. The van der Waals surface area contributed by atoms with Crippen molar-refractivity contribution in [2.45, 2.75) is 31.2 Å². The molecule has 6 nitrogen and oxygen atoms in total. The number of nitrogens with zero attached hydrogens (tertiary/aromatic N) is 1. The van der Waals surface area contributed by atoms with E-state index in [0.29, 0.717) is 31.2 Å². The second kappa shape index (κ2) is 8.63. The minimum Gasteiger partial charge on any atom is -0.491 e. The van der Waals surface area contributed by atoms with E-state index in [4.69, 9.17) is 9.15 Å². The molecule has 1 saturated heterocycles. The summed E-state index contributed by atoms with van der Waals surface area (Å²) in [6.07, 6.45) is 2.82. The summed E-state index contributed by atoms with van der Waals surface area (Å²) >= 11 is 0. The van der Waals surface area contributed by atoms with Gasteiger partial charge in [-0.15, -0.1) is 0 Å². The summed E-state index contributed by atoms with van der Waals surface area (Å²) in [7, 11) is 0. The van der Waals surface area contributed by atoms with E-state index in [1.54, 1.807) is 12.5 Å². The van der Waals surface area contributed by atoms with E-state index < -0.39 is 18.3 Å². The number of ether oxygens (including phenoxy) is 1. The van der Waals surface area contributed by atoms with Crippen molar-refractivity contribution in [1.82, 2.24) is 4.90 Å². The van der Waals surface area contributed by atoms with Crippen LogP contribution in [0.15, 0.2) is 59.4 Å². The lowest BCUT2D eigenvalue weighted by Crippen LogP contribution is -2.38. The molecule has 1 aromatic heterocycles. The first-order valence-electron chi connectivity index (χ1n) is 11.0. The molecular formula is C25H29NO5. The van der Waals surface area contributed by atoms with E-state index in [9.17, 15) is 15.3 Å². The van der Waals surface area contributed by atoms with Gasteiger partial charge in [-0.3, -0.25) is 0 Å². The Morgan fingerprint density at radius 3 is 2.48 bits per heavy atom. The average Bonchev–Trinajstić information content (AvgIpc) is 3.42. The molecule has 0 amide bonds. The lowest BCUT2D eigenvalue weighted by atomic mass is 9.79. The fourth-order valence-electron chi connectivity index (χ4n) is 5.22. The Hall–Kier alpha value is -2.38. The summed E-state index contributed by atoms with van der Waals surface area (Å²) in [5, 5.41) is 32.6. The zero-order chi connectivity index (χ0) is 21.4. The van der Waals surface area contributed by atoms with Crippen LogP contribution >= 0.6 is 0 Å². The van der Waals surface area contributed by atoms with E-state index in [1.165, 1.54) is 0 Å². The average molecular weight is 424 g/mol. The number of hydrogen-bond donors (Lipinski definition) is 3. The van der Waals surface area contributed by atoms with Crippen molar-refractivity contribution in [3.63, 3.8) is 0 Å². The van der Waals surface area contributed by atoms with Crippen LogP contribution in [-0.2, 0) is 0 Å². The molecule has 1 aliphatic heterocycles. The van der Waals surface area contributed by atoms with Gasteiger partial charge in [0.25, 0.3) is 0 Å². The number of β-amino-alcohol motifs (C(OH)–C–C–N with tert-alkyl or cyclic N) is 1. The number of likely N-dealkylation sites (tertiary alicyclic amines) is 1. The molecule has 2 aromatic carbocycles. The van der Waals surface area contributed by atoms with Crippen LogP contribution in [0.2, 0.25) is 0 Å². The summed E-state index contributed by atoms with van der Waals surface area (Å²) < 4.78 is 11.3. The van der Waals surface area contributed by atoms with Crippen molar-refractivity contribution in [2.75, 3.05) is 26.2 Å². The highest BCUT2D eigenvalue weighted by Gasteiger charge is 2.41. The normalized spacial score (nSPS) is 27.3. The molecule has 1 aliphatic carbocycles. The van der Waals surface area contributed by atoms with Gasteiger partial charge in [0, 0.05) is 25.2 Å². The number of rotatable bonds is 6. The Morgan fingerprint density at radius 1 is 1.03 bits per heavy atom. The van der Waals surface area contributed by atoms with Gasteiger partial charge >= 0.3 is 0 Å². The maximum absolute atomic E-state index is 10.6. The number of aliphatic hydroxyl groups excluding tert-OH is 3. The molecule has 1 saturated carbocycles. The Bertz CT molecular complexity index is 1000. The van der Waals surface area contributed by atoms with Gasteiger partial charge in [0.2, 0.25) is 0 Å². The predicted molar refractivity (Wildman–Crippen MR) is 118 cm³/mol. The van der Waals surface area contributed by atoms with Crippen molar-refractivity contribution in [2.24, 2.45) is 11.8 Å². The fraction of sp³-hybridized carbons (Fsp3) is 0.440. The van der Waals surface area contributed by atoms with E-state index >= 15 is 0 Å². The highest BCUT2D eigenvalue weighted by Crippen LogP contribution is 2.37. The van der Waals surface area contributed by atoms with E-state index in [-0.39, 0.29) is 6.61 Å². The van der Waals surface area contributed by atoms with Gasteiger partial charge in [0.05, 0.1) is 24.7 Å². The monoisotopic (exact) mass is 423 g/mol. The number of benzene rings is 2. The molecule has 3 N–H and O–H groups in total. The van der Waals surface area contributed by atoms with Crippen LogP contribution < -0.4 is 4.74 Å². The van der Waals surface area contributed by atoms with Crippen LogP contribution in [0.3, 0.4) is 0 Å². The molecule has 0 radical (unpaired) electrons. The van der Waals surface area contributed by atoms with Gasteiger partial charge in [0.1, 0.15) is 18.5 Å². The largest absolute Gasteiger partial charge is 0.491 e. The first kappa shape index (κ1) is 20.5. The van der Waals surface area contributed by atoms with Crippen molar-refractivity contribution in [3.05, 3.63) is 55.0 Å². The summed E-state index contributed by atoms with van der Waals surface area (Å²) in [5.74, 6) is 1.50. The quantitative estimate of drug-likeness (QED) is 0.565. The first-order chi connectivity index (χ1) is 15.1. The van der Waals surface area contributed by atoms with Crippen molar-refractivity contribution in [3.8, 4) is 16.9 Å². The molecule has 0 spiro atoms. The third-order valence-electron chi connectivity index (χ3n) is 6.76. The van der Waals surface area contributed by atoms with Crippen LogP contribution in [0.25, 0.3) is 21.9 Å². The summed E-state index contributed by atoms with van der Waals surface area (Å²) in [6.45, 7) is 2.44. The zero-order valence-corrected chi connectivity index (χ0v) is 17.4.